The molecule has 0 aromatic heterocycles. The molecule has 2 aromatic carbocycles. The van der Waals surface area contributed by atoms with Gasteiger partial charge in [0.15, 0.2) is 0 Å². The van der Waals surface area contributed by atoms with Gasteiger partial charge in [-0.3, -0.25) is 4.72 Å². The lowest BCUT2D eigenvalue weighted by atomic mass is 10.2. The van der Waals surface area contributed by atoms with Crippen LogP contribution in [-0.2, 0) is 16.6 Å². The lowest BCUT2D eigenvalue weighted by Gasteiger charge is -2.14. The van der Waals surface area contributed by atoms with Crippen LogP contribution in [0, 0.1) is 0 Å². The van der Waals surface area contributed by atoms with E-state index in [0.717, 1.165) is 5.56 Å². The first kappa shape index (κ1) is 15.5. The number of anilines is 1. The molecule has 0 radical (unpaired) electrons. The quantitative estimate of drug-likeness (QED) is 0.862. The van der Waals surface area contributed by atoms with Gasteiger partial charge in [-0.05, 0) is 23.8 Å². The van der Waals surface area contributed by atoms with E-state index in [4.69, 9.17) is 0 Å². The molecule has 2 N–H and O–H groups in total. The maximum Gasteiger partial charge on any atom is 0.262 e. The molecule has 21 heavy (non-hydrogen) atoms. The molecule has 112 valence electrons. The van der Waals surface area contributed by atoms with Crippen molar-refractivity contribution in [2.45, 2.75) is 31.3 Å². The van der Waals surface area contributed by atoms with E-state index in [0.29, 0.717) is 23.2 Å². The number of nitrogens with one attached hydrogen (secondary N) is 2. The van der Waals surface area contributed by atoms with Crippen LogP contribution in [0.1, 0.15) is 19.4 Å². The third-order valence-corrected chi connectivity index (χ3v) is 4.47. The number of sulfonamides is 1. The van der Waals surface area contributed by atoms with E-state index in [1.54, 1.807) is 36.4 Å². The van der Waals surface area contributed by atoms with Gasteiger partial charge in [-0.15, -0.1) is 0 Å². The summed E-state index contributed by atoms with van der Waals surface area (Å²) in [7, 11) is -3.58. The standard InChI is InChI=1S/C16H20N2O2S/c1-13(2)17-12-14-8-6-7-11-16(14)21(19,20)18-15-9-4-3-5-10-15/h3-11,13,17-18H,12H2,1-2H3. The molecule has 0 unspecified atom stereocenters. The zero-order valence-corrected chi connectivity index (χ0v) is 13.0. The van der Waals surface area contributed by atoms with E-state index in [9.17, 15) is 8.42 Å². The highest BCUT2D eigenvalue weighted by molar-refractivity contribution is 7.92. The van der Waals surface area contributed by atoms with Crippen molar-refractivity contribution in [2.24, 2.45) is 0 Å². The summed E-state index contributed by atoms with van der Waals surface area (Å²) >= 11 is 0. The van der Waals surface area contributed by atoms with Gasteiger partial charge in [0.2, 0.25) is 0 Å². The minimum Gasteiger partial charge on any atom is -0.310 e. The summed E-state index contributed by atoms with van der Waals surface area (Å²) in [6, 6.07) is 16.2. The molecule has 0 amide bonds. The Morgan fingerprint density at radius 3 is 2.24 bits per heavy atom. The van der Waals surface area contributed by atoms with Crippen LogP contribution in [0.15, 0.2) is 59.5 Å². The lowest BCUT2D eigenvalue weighted by Crippen LogP contribution is -2.24. The first-order valence-electron chi connectivity index (χ1n) is 6.88. The molecule has 0 saturated carbocycles. The summed E-state index contributed by atoms with van der Waals surface area (Å²) in [6.45, 7) is 4.57. The SMILES string of the molecule is CC(C)NCc1ccccc1S(=O)(=O)Nc1ccccc1. The van der Waals surface area contributed by atoms with Crippen LogP contribution in [-0.4, -0.2) is 14.5 Å². The molecule has 5 heteroatoms. The predicted octanol–water partition coefficient (Wildman–Crippen LogP) is 2.99. The minimum atomic E-state index is -3.58. The second kappa shape index (κ2) is 6.74. The fraction of sp³-hybridized carbons (Fsp3) is 0.250. The molecular weight excluding hydrogens is 284 g/mol. The van der Waals surface area contributed by atoms with Crippen molar-refractivity contribution in [2.75, 3.05) is 4.72 Å². The Labute approximate surface area is 126 Å². The highest BCUT2D eigenvalue weighted by Gasteiger charge is 2.18. The van der Waals surface area contributed by atoms with Crippen molar-refractivity contribution >= 4 is 15.7 Å². The molecule has 4 nitrogen and oxygen atoms in total. The fourth-order valence-electron chi connectivity index (χ4n) is 1.94. The van der Waals surface area contributed by atoms with Gasteiger partial charge >= 0.3 is 0 Å². The number of para-hydroxylation sites is 1. The molecular formula is C16H20N2O2S. The van der Waals surface area contributed by atoms with E-state index in [-0.39, 0.29) is 0 Å². The van der Waals surface area contributed by atoms with Gasteiger partial charge in [0.25, 0.3) is 10.0 Å². The molecule has 2 aromatic rings. The smallest absolute Gasteiger partial charge is 0.262 e. The first-order valence-corrected chi connectivity index (χ1v) is 8.36. The van der Waals surface area contributed by atoms with Crippen LogP contribution in [0.25, 0.3) is 0 Å². The first-order chi connectivity index (χ1) is 9.99. The maximum atomic E-state index is 12.5. The van der Waals surface area contributed by atoms with Crippen molar-refractivity contribution in [1.82, 2.24) is 5.32 Å². The third-order valence-electron chi connectivity index (χ3n) is 2.99. The fourth-order valence-corrected chi connectivity index (χ4v) is 3.24. The second-order valence-electron chi connectivity index (χ2n) is 5.11. The molecule has 0 aliphatic rings. The van der Waals surface area contributed by atoms with E-state index in [1.807, 2.05) is 32.0 Å². The van der Waals surface area contributed by atoms with Crippen molar-refractivity contribution in [3.8, 4) is 0 Å². The molecule has 0 saturated heterocycles. The minimum absolute atomic E-state index is 0.294. The molecule has 0 heterocycles. The van der Waals surface area contributed by atoms with Gasteiger partial charge in [-0.25, -0.2) is 8.42 Å². The Morgan fingerprint density at radius 1 is 0.952 bits per heavy atom. The van der Waals surface area contributed by atoms with Gasteiger partial charge in [0, 0.05) is 18.3 Å². The van der Waals surface area contributed by atoms with E-state index < -0.39 is 10.0 Å². The topological polar surface area (TPSA) is 58.2 Å². The highest BCUT2D eigenvalue weighted by Crippen LogP contribution is 2.19. The molecule has 0 bridgehead atoms. The van der Waals surface area contributed by atoms with Gasteiger partial charge < -0.3 is 5.32 Å². The van der Waals surface area contributed by atoms with Crippen molar-refractivity contribution < 1.29 is 8.42 Å². The van der Waals surface area contributed by atoms with Crippen molar-refractivity contribution in [3.05, 3.63) is 60.2 Å². The number of hydrogen-bond acceptors (Lipinski definition) is 3. The Morgan fingerprint density at radius 2 is 1.57 bits per heavy atom. The maximum absolute atomic E-state index is 12.5. The molecule has 0 aliphatic carbocycles. The van der Waals surface area contributed by atoms with Crippen molar-refractivity contribution in [1.29, 1.82) is 0 Å². The average molecular weight is 304 g/mol. The van der Waals surface area contributed by atoms with Crippen LogP contribution < -0.4 is 10.0 Å². The predicted molar refractivity (Wildman–Crippen MR) is 85.7 cm³/mol. The highest BCUT2D eigenvalue weighted by atomic mass is 32.2. The summed E-state index contributed by atoms with van der Waals surface area (Å²) in [5.74, 6) is 0. The Bertz CT molecular complexity index is 682. The number of benzene rings is 2. The number of rotatable bonds is 6. The molecule has 2 rings (SSSR count). The number of hydrogen-bond donors (Lipinski definition) is 2. The Balaban J connectivity index is 2.27. The summed E-state index contributed by atoms with van der Waals surface area (Å²) in [5.41, 5.74) is 1.32. The second-order valence-corrected chi connectivity index (χ2v) is 6.77. The molecule has 0 fully saturated rings. The normalized spacial score (nSPS) is 11.6. The van der Waals surface area contributed by atoms with Crippen LogP contribution in [0.4, 0.5) is 5.69 Å². The van der Waals surface area contributed by atoms with E-state index in [1.165, 1.54) is 0 Å². The lowest BCUT2D eigenvalue weighted by molar-refractivity contribution is 0.576. The molecule has 0 spiro atoms. The van der Waals surface area contributed by atoms with E-state index >= 15 is 0 Å². The summed E-state index contributed by atoms with van der Waals surface area (Å²) in [6.07, 6.45) is 0. The van der Waals surface area contributed by atoms with Gasteiger partial charge in [0.05, 0.1) is 4.90 Å². The van der Waals surface area contributed by atoms with Crippen LogP contribution in [0.2, 0.25) is 0 Å². The zero-order valence-electron chi connectivity index (χ0n) is 12.2. The van der Waals surface area contributed by atoms with Crippen LogP contribution >= 0.6 is 0 Å². The Hall–Kier alpha value is -1.85. The summed E-state index contributed by atoms with van der Waals surface area (Å²) in [5, 5.41) is 3.25. The average Bonchev–Trinajstić information content (AvgIpc) is 2.46. The summed E-state index contributed by atoms with van der Waals surface area (Å²) < 4.78 is 27.7. The van der Waals surface area contributed by atoms with Gasteiger partial charge in [-0.1, -0.05) is 50.2 Å². The monoisotopic (exact) mass is 304 g/mol. The van der Waals surface area contributed by atoms with Crippen LogP contribution in [0.5, 0.6) is 0 Å². The van der Waals surface area contributed by atoms with Gasteiger partial charge in [0.1, 0.15) is 0 Å². The molecule has 0 aliphatic heterocycles. The zero-order chi connectivity index (χ0) is 15.3. The largest absolute Gasteiger partial charge is 0.310 e. The van der Waals surface area contributed by atoms with Crippen LogP contribution in [0.3, 0.4) is 0 Å². The molecule has 0 atom stereocenters. The van der Waals surface area contributed by atoms with Crippen molar-refractivity contribution in [3.63, 3.8) is 0 Å². The van der Waals surface area contributed by atoms with Gasteiger partial charge in [-0.2, -0.15) is 0 Å². The summed E-state index contributed by atoms with van der Waals surface area (Å²) in [4.78, 5) is 0.307. The Kier molecular flexibility index (Phi) is 4.98. The van der Waals surface area contributed by atoms with E-state index in [2.05, 4.69) is 10.0 Å². The third kappa shape index (κ3) is 4.31.